The lowest BCUT2D eigenvalue weighted by Crippen LogP contribution is -2.32. The monoisotopic (exact) mass is 273 g/mol. The van der Waals surface area contributed by atoms with Crippen molar-refractivity contribution in [1.29, 1.82) is 0 Å². The summed E-state index contributed by atoms with van der Waals surface area (Å²) >= 11 is 0. The van der Waals surface area contributed by atoms with E-state index in [4.69, 9.17) is 21.4 Å². The summed E-state index contributed by atoms with van der Waals surface area (Å²) in [5, 5.41) is 34.6. The number of aromatic amines is 1. The third kappa shape index (κ3) is 2.15. The van der Waals surface area contributed by atoms with E-state index in [0.29, 0.717) is 0 Å². The Morgan fingerprint density at radius 3 is 2.68 bits per heavy atom. The largest absolute Gasteiger partial charge is 0.395 e. The first kappa shape index (κ1) is 13.7. The first-order valence-electron chi connectivity index (χ1n) is 5.48. The molecule has 1 amide bonds. The van der Waals surface area contributed by atoms with Crippen LogP contribution in [0.2, 0.25) is 0 Å². The molecule has 10 nitrogen and oxygen atoms in total. The van der Waals surface area contributed by atoms with Crippen LogP contribution in [0.15, 0.2) is 0 Å². The summed E-state index contributed by atoms with van der Waals surface area (Å²) in [7, 11) is 0. The third-order valence-corrected chi connectivity index (χ3v) is 3.01. The van der Waals surface area contributed by atoms with Gasteiger partial charge >= 0.3 is 0 Å². The maximum Gasteiger partial charge on any atom is 0.287 e. The number of nitrogens with zero attached hydrogens (tertiary/aromatic N) is 1. The Morgan fingerprint density at radius 2 is 2.16 bits per heavy atom. The zero-order valence-electron chi connectivity index (χ0n) is 9.78. The van der Waals surface area contributed by atoms with Crippen molar-refractivity contribution >= 4 is 11.6 Å². The summed E-state index contributed by atoms with van der Waals surface area (Å²) in [4.78, 5) is 11.3. The molecule has 1 aromatic rings. The van der Waals surface area contributed by atoms with Gasteiger partial charge in [0.1, 0.15) is 24.4 Å². The number of hydrogen-bond donors (Lipinski definition) is 7. The number of hydrogen-bond acceptors (Lipinski definition) is 8. The molecule has 4 atom stereocenters. The lowest BCUT2D eigenvalue weighted by molar-refractivity contribution is -0.0237. The van der Waals surface area contributed by atoms with Gasteiger partial charge in [0.25, 0.3) is 5.91 Å². The van der Waals surface area contributed by atoms with Crippen LogP contribution in [0.5, 0.6) is 0 Å². The number of anilines is 1. The molecule has 0 aliphatic carbocycles. The van der Waals surface area contributed by atoms with Crippen molar-refractivity contribution < 1.29 is 24.9 Å². The van der Waals surface area contributed by atoms with Gasteiger partial charge in [-0.15, -0.1) is 0 Å². The van der Waals surface area contributed by atoms with E-state index in [-0.39, 0.29) is 17.1 Å². The molecule has 0 saturated carbocycles. The van der Waals surface area contributed by atoms with Gasteiger partial charge in [-0.25, -0.2) is 5.84 Å². The number of nitrogens with two attached hydrogens (primary N) is 2. The van der Waals surface area contributed by atoms with Crippen LogP contribution in [0.4, 0.5) is 5.69 Å². The van der Waals surface area contributed by atoms with Crippen LogP contribution in [0, 0.1) is 0 Å². The predicted octanol–water partition coefficient (Wildman–Crippen LogP) is -3.25. The number of ether oxygens (including phenoxy) is 1. The SMILES string of the molecule is NNC(=O)c1n[nH]c(C2OC(CO)C(O)C2O)c1N. The van der Waals surface area contributed by atoms with E-state index in [1.807, 2.05) is 5.43 Å². The Bertz CT molecular complexity index is 478. The summed E-state index contributed by atoms with van der Waals surface area (Å²) in [5.74, 6) is 4.26. The van der Waals surface area contributed by atoms with Gasteiger partial charge in [0.2, 0.25) is 0 Å². The molecule has 1 aliphatic heterocycles. The van der Waals surface area contributed by atoms with Gasteiger partial charge < -0.3 is 25.8 Å². The highest BCUT2D eigenvalue weighted by Crippen LogP contribution is 2.35. The fourth-order valence-corrected chi connectivity index (χ4v) is 1.96. The third-order valence-electron chi connectivity index (χ3n) is 3.01. The van der Waals surface area contributed by atoms with Crippen LogP contribution in [0.25, 0.3) is 0 Å². The van der Waals surface area contributed by atoms with Gasteiger partial charge in [0.15, 0.2) is 5.69 Å². The molecule has 2 rings (SSSR count). The maximum absolute atomic E-state index is 11.3. The van der Waals surface area contributed by atoms with Crippen LogP contribution >= 0.6 is 0 Å². The van der Waals surface area contributed by atoms with Gasteiger partial charge in [-0.05, 0) is 0 Å². The Hall–Kier alpha value is -1.72. The minimum absolute atomic E-state index is 0.0437. The number of rotatable bonds is 3. The van der Waals surface area contributed by atoms with Gasteiger partial charge in [-0.1, -0.05) is 0 Å². The molecular weight excluding hydrogens is 258 g/mol. The van der Waals surface area contributed by atoms with E-state index >= 15 is 0 Å². The fraction of sp³-hybridized carbons (Fsp3) is 0.556. The van der Waals surface area contributed by atoms with E-state index in [1.54, 1.807) is 0 Å². The molecule has 1 saturated heterocycles. The molecule has 2 heterocycles. The first-order chi connectivity index (χ1) is 9.01. The average molecular weight is 273 g/mol. The quantitative estimate of drug-likeness (QED) is 0.170. The predicted molar refractivity (Wildman–Crippen MR) is 61.4 cm³/mol. The number of nitrogens with one attached hydrogen (secondary N) is 2. The second-order valence-electron chi connectivity index (χ2n) is 4.13. The molecule has 0 bridgehead atoms. The summed E-state index contributed by atoms with van der Waals surface area (Å²) in [6, 6.07) is 0. The molecule has 1 aromatic heterocycles. The summed E-state index contributed by atoms with van der Waals surface area (Å²) in [6.07, 6.45) is -4.51. The van der Waals surface area contributed by atoms with E-state index in [2.05, 4.69) is 10.2 Å². The number of aromatic nitrogens is 2. The van der Waals surface area contributed by atoms with Crippen LogP contribution in [0.1, 0.15) is 22.3 Å². The molecule has 0 aromatic carbocycles. The van der Waals surface area contributed by atoms with Crippen LogP contribution in [-0.4, -0.2) is 56.3 Å². The van der Waals surface area contributed by atoms with Crippen LogP contribution in [-0.2, 0) is 4.74 Å². The zero-order valence-corrected chi connectivity index (χ0v) is 9.78. The lowest BCUT2D eigenvalue weighted by atomic mass is 10.0. The smallest absolute Gasteiger partial charge is 0.287 e. The molecule has 1 aliphatic rings. The molecule has 10 heteroatoms. The van der Waals surface area contributed by atoms with Gasteiger partial charge in [0.05, 0.1) is 18.0 Å². The number of aliphatic hydroxyl groups is 3. The normalized spacial score (nSPS) is 30.5. The van der Waals surface area contributed by atoms with Gasteiger partial charge in [-0.2, -0.15) is 5.10 Å². The molecule has 9 N–H and O–H groups in total. The van der Waals surface area contributed by atoms with Crippen molar-refractivity contribution in [3.63, 3.8) is 0 Å². The second kappa shape index (κ2) is 5.11. The van der Waals surface area contributed by atoms with Gasteiger partial charge in [0, 0.05) is 0 Å². The number of hydrazine groups is 1. The van der Waals surface area contributed by atoms with Crippen LogP contribution in [0.3, 0.4) is 0 Å². The molecule has 0 spiro atoms. The number of carbonyl (C=O) groups is 1. The topological polar surface area (TPSA) is 180 Å². The number of nitrogen functional groups attached to an aromatic ring is 2. The number of amides is 1. The van der Waals surface area contributed by atoms with Crippen molar-refractivity contribution in [1.82, 2.24) is 15.6 Å². The summed E-state index contributed by atoms with van der Waals surface area (Å²) in [5.41, 5.74) is 7.53. The Morgan fingerprint density at radius 1 is 1.47 bits per heavy atom. The molecule has 19 heavy (non-hydrogen) atoms. The minimum Gasteiger partial charge on any atom is -0.395 e. The average Bonchev–Trinajstić information content (AvgIpc) is 2.91. The molecular formula is C9H15N5O5. The second-order valence-corrected chi connectivity index (χ2v) is 4.13. The van der Waals surface area contributed by atoms with E-state index in [1.165, 1.54) is 0 Å². The molecule has 0 radical (unpaired) electrons. The highest BCUT2D eigenvalue weighted by atomic mass is 16.6. The van der Waals surface area contributed by atoms with Gasteiger partial charge in [-0.3, -0.25) is 15.3 Å². The maximum atomic E-state index is 11.3. The molecule has 1 fully saturated rings. The fourth-order valence-electron chi connectivity index (χ4n) is 1.96. The number of aliphatic hydroxyl groups excluding tert-OH is 3. The van der Waals surface area contributed by atoms with Crippen molar-refractivity contribution in [2.75, 3.05) is 12.3 Å². The highest BCUT2D eigenvalue weighted by molar-refractivity contribution is 5.97. The Balaban J connectivity index is 2.28. The Labute approximate surface area is 107 Å². The van der Waals surface area contributed by atoms with E-state index < -0.39 is 36.9 Å². The van der Waals surface area contributed by atoms with E-state index in [9.17, 15) is 15.0 Å². The van der Waals surface area contributed by atoms with Crippen molar-refractivity contribution in [2.45, 2.75) is 24.4 Å². The minimum atomic E-state index is -1.30. The highest BCUT2D eigenvalue weighted by Gasteiger charge is 2.45. The van der Waals surface area contributed by atoms with Crippen molar-refractivity contribution in [2.24, 2.45) is 5.84 Å². The van der Waals surface area contributed by atoms with E-state index in [0.717, 1.165) is 0 Å². The Kier molecular flexibility index (Phi) is 3.68. The standard InChI is InChI=1S/C9H15N5O5/c10-3-4(13-14-5(3)9(18)12-11)8-7(17)6(16)2(1-15)19-8/h2,6-8,15-17H,1,10-11H2,(H,12,18)(H,13,14). The van der Waals surface area contributed by atoms with Crippen molar-refractivity contribution in [3.05, 3.63) is 11.4 Å². The first-order valence-corrected chi connectivity index (χ1v) is 5.48. The number of H-pyrrole nitrogens is 1. The lowest BCUT2D eigenvalue weighted by Gasteiger charge is -2.13. The van der Waals surface area contributed by atoms with Crippen molar-refractivity contribution in [3.8, 4) is 0 Å². The summed E-state index contributed by atoms with van der Waals surface area (Å²) in [6.45, 7) is -0.459. The van der Waals surface area contributed by atoms with Crippen LogP contribution < -0.4 is 17.0 Å². The molecule has 4 unspecified atom stereocenters. The number of carbonyl (C=O) groups excluding carboxylic acids is 1. The summed E-state index contributed by atoms with van der Waals surface area (Å²) < 4.78 is 5.26. The molecule has 106 valence electrons. The zero-order chi connectivity index (χ0) is 14.2.